The van der Waals surface area contributed by atoms with Crippen molar-refractivity contribution in [3.05, 3.63) is 46.5 Å². The van der Waals surface area contributed by atoms with Crippen molar-refractivity contribution in [2.24, 2.45) is 0 Å². The highest BCUT2D eigenvalue weighted by atomic mass is 16.2. The molecule has 2 rings (SSSR count). The summed E-state index contributed by atoms with van der Waals surface area (Å²) in [4.78, 5) is 23.2. The number of ketones is 2. The molecule has 0 aliphatic heterocycles. The molecule has 1 aromatic carbocycles. The summed E-state index contributed by atoms with van der Waals surface area (Å²) in [5.74, 6) is -1.03. The largest absolute Gasteiger partial charge is 0.288 e. The average molecular weight is 208 g/mol. The molecule has 0 bridgehead atoms. The number of allylic oxidation sites excluding steroid dienone is 1. The quantitative estimate of drug-likeness (QED) is 0.476. The van der Waals surface area contributed by atoms with Crippen molar-refractivity contribution in [3.8, 4) is 12.1 Å². The molecule has 1 aliphatic carbocycles. The van der Waals surface area contributed by atoms with Crippen molar-refractivity contribution in [3.63, 3.8) is 0 Å². The summed E-state index contributed by atoms with van der Waals surface area (Å²) in [6.07, 6.45) is 0. The molecule has 0 aromatic heterocycles. The van der Waals surface area contributed by atoms with Crippen LogP contribution in [0, 0.1) is 22.7 Å². The van der Waals surface area contributed by atoms with Crippen LogP contribution in [0.2, 0.25) is 0 Å². The Morgan fingerprint density at radius 2 is 1.75 bits per heavy atom. The zero-order chi connectivity index (χ0) is 11.9. The van der Waals surface area contributed by atoms with E-state index in [0.717, 1.165) is 0 Å². The molecule has 0 heterocycles. The van der Waals surface area contributed by atoms with Crippen LogP contribution in [0.15, 0.2) is 24.3 Å². The number of hydrogen-bond donors (Lipinski definition) is 0. The summed E-state index contributed by atoms with van der Waals surface area (Å²) < 4.78 is 0. The molecule has 1 aromatic rings. The number of carbonyl (C=O) groups is 2. The highest BCUT2D eigenvalue weighted by Gasteiger charge is 2.34. The van der Waals surface area contributed by atoms with E-state index in [9.17, 15) is 9.59 Å². The molecule has 0 saturated carbocycles. The zero-order valence-electron chi connectivity index (χ0n) is 8.07. The standard InChI is InChI=1S/C12H4N2O2/c1-6-11(15)8-3-2-7(4-13)9(5-14)10(8)12(6)16/h2-3H,1H2. The third-order valence-corrected chi connectivity index (χ3v) is 2.46. The number of fused-ring (bicyclic) bond motifs is 1. The van der Waals surface area contributed by atoms with Gasteiger partial charge in [0.2, 0.25) is 0 Å². The maximum Gasteiger partial charge on any atom is 0.198 e. The highest BCUT2D eigenvalue weighted by molar-refractivity contribution is 6.39. The number of benzene rings is 1. The van der Waals surface area contributed by atoms with E-state index in [2.05, 4.69) is 6.58 Å². The molecule has 0 N–H and O–H groups in total. The molecule has 0 radical (unpaired) electrons. The first-order chi connectivity index (χ1) is 7.61. The highest BCUT2D eigenvalue weighted by Crippen LogP contribution is 2.29. The van der Waals surface area contributed by atoms with Crippen molar-refractivity contribution in [1.82, 2.24) is 0 Å². The molecule has 4 nitrogen and oxygen atoms in total. The van der Waals surface area contributed by atoms with Gasteiger partial charge in [-0.15, -0.1) is 0 Å². The topological polar surface area (TPSA) is 81.7 Å². The van der Waals surface area contributed by atoms with Crippen molar-refractivity contribution < 1.29 is 9.59 Å². The number of Topliss-reactive ketones (excluding diaryl/α,β-unsaturated/α-hetero) is 2. The van der Waals surface area contributed by atoms with Crippen molar-refractivity contribution in [2.75, 3.05) is 0 Å². The van der Waals surface area contributed by atoms with Crippen LogP contribution in [0.4, 0.5) is 0 Å². The molecule has 0 atom stereocenters. The molecule has 4 heteroatoms. The van der Waals surface area contributed by atoms with E-state index in [0.29, 0.717) is 0 Å². The maximum atomic E-state index is 11.7. The van der Waals surface area contributed by atoms with Gasteiger partial charge in [-0.05, 0) is 12.1 Å². The van der Waals surface area contributed by atoms with Gasteiger partial charge >= 0.3 is 0 Å². The Labute approximate surface area is 91.0 Å². The Kier molecular flexibility index (Phi) is 1.93. The van der Waals surface area contributed by atoms with Gasteiger partial charge in [0.15, 0.2) is 11.6 Å². The molecule has 0 fully saturated rings. The Bertz CT molecular complexity index is 642. The third-order valence-electron chi connectivity index (χ3n) is 2.46. The van der Waals surface area contributed by atoms with Crippen LogP contribution < -0.4 is 0 Å². The van der Waals surface area contributed by atoms with Gasteiger partial charge in [0.05, 0.1) is 22.3 Å². The second kappa shape index (κ2) is 3.15. The second-order valence-corrected chi connectivity index (χ2v) is 3.27. The Morgan fingerprint density at radius 1 is 1.06 bits per heavy atom. The maximum absolute atomic E-state index is 11.7. The lowest BCUT2D eigenvalue weighted by atomic mass is 9.98. The lowest BCUT2D eigenvalue weighted by Gasteiger charge is -1.99. The summed E-state index contributed by atoms with van der Waals surface area (Å²) in [5.41, 5.74) is 0.0674. The fraction of sp³-hybridized carbons (Fsp3) is 0. The first kappa shape index (κ1) is 9.82. The molecule has 1 aliphatic rings. The van der Waals surface area contributed by atoms with E-state index in [-0.39, 0.29) is 27.8 Å². The fourth-order valence-corrected chi connectivity index (χ4v) is 1.65. The average Bonchev–Trinajstić information content (AvgIpc) is 2.53. The van der Waals surface area contributed by atoms with E-state index >= 15 is 0 Å². The van der Waals surface area contributed by atoms with E-state index in [4.69, 9.17) is 10.5 Å². The number of carbonyl (C=O) groups excluding carboxylic acids is 2. The number of nitrogens with zero attached hydrogens (tertiary/aromatic N) is 2. The number of nitriles is 2. The molecule has 74 valence electrons. The first-order valence-corrected chi connectivity index (χ1v) is 4.37. The van der Waals surface area contributed by atoms with Crippen LogP contribution in [-0.2, 0) is 0 Å². The monoisotopic (exact) mass is 208 g/mol. The Hall–Kier alpha value is -2.72. The minimum Gasteiger partial charge on any atom is -0.288 e. The molecule has 16 heavy (non-hydrogen) atoms. The van der Waals surface area contributed by atoms with Gasteiger partial charge in [0.1, 0.15) is 12.1 Å². The first-order valence-electron chi connectivity index (χ1n) is 4.37. The Balaban J connectivity index is 2.90. The van der Waals surface area contributed by atoms with E-state index in [1.54, 1.807) is 6.07 Å². The van der Waals surface area contributed by atoms with Crippen LogP contribution in [0.25, 0.3) is 0 Å². The summed E-state index contributed by atoms with van der Waals surface area (Å²) in [6.45, 7) is 3.37. The molecular weight excluding hydrogens is 204 g/mol. The number of rotatable bonds is 0. The smallest absolute Gasteiger partial charge is 0.198 e. The van der Waals surface area contributed by atoms with Crippen LogP contribution in [0.5, 0.6) is 0 Å². The fourth-order valence-electron chi connectivity index (χ4n) is 1.65. The predicted molar refractivity (Wildman–Crippen MR) is 53.7 cm³/mol. The van der Waals surface area contributed by atoms with Gasteiger partial charge in [-0.1, -0.05) is 6.58 Å². The van der Waals surface area contributed by atoms with Gasteiger partial charge in [0, 0.05) is 5.56 Å². The van der Waals surface area contributed by atoms with Crippen molar-refractivity contribution in [1.29, 1.82) is 10.5 Å². The SMILES string of the molecule is C=C1C(=O)c2ccc(C#N)c(C#N)c2C1=O. The summed E-state index contributed by atoms with van der Waals surface area (Å²) in [6, 6.07) is 6.34. The zero-order valence-corrected chi connectivity index (χ0v) is 8.07. The third kappa shape index (κ3) is 1.01. The predicted octanol–water partition coefficient (Wildman–Crippen LogP) is 1.37. The van der Waals surface area contributed by atoms with Gasteiger partial charge < -0.3 is 0 Å². The molecule has 0 saturated heterocycles. The molecular formula is C12H4N2O2. The van der Waals surface area contributed by atoms with Crippen LogP contribution in [0.3, 0.4) is 0 Å². The van der Waals surface area contributed by atoms with Crippen LogP contribution in [-0.4, -0.2) is 11.6 Å². The molecule has 0 amide bonds. The Morgan fingerprint density at radius 3 is 2.31 bits per heavy atom. The minimum atomic E-state index is -0.561. The summed E-state index contributed by atoms with van der Waals surface area (Å²) in [5, 5.41) is 17.7. The summed E-state index contributed by atoms with van der Waals surface area (Å²) in [7, 11) is 0. The van der Waals surface area contributed by atoms with Crippen molar-refractivity contribution in [2.45, 2.75) is 0 Å². The van der Waals surface area contributed by atoms with Gasteiger partial charge in [-0.25, -0.2) is 0 Å². The minimum absolute atomic E-state index is 0.0107. The van der Waals surface area contributed by atoms with E-state index in [1.807, 2.05) is 6.07 Å². The van der Waals surface area contributed by atoms with E-state index in [1.165, 1.54) is 12.1 Å². The lowest BCUT2D eigenvalue weighted by molar-refractivity contribution is 0.0989. The lowest BCUT2D eigenvalue weighted by Crippen LogP contribution is -2.00. The van der Waals surface area contributed by atoms with Gasteiger partial charge in [0.25, 0.3) is 0 Å². The number of hydrogen-bond acceptors (Lipinski definition) is 4. The normalized spacial score (nSPS) is 13.2. The summed E-state index contributed by atoms with van der Waals surface area (Å²) >= 11 is 0. The van der Waals surface area contributed by atoms with E-state index < -0.39 is 11.6 Å². The van der Waals surface area contributed by atoms with Crippen LogP contribution >= 0.6 is 0 Å². The van der Waals surface area contributed by atoms with Crippen LogP contribution in [0.1, 0.15) is 31.8 Å². The van der Waals surface area contributed by atoms with Gasteiger partial charge in [-0.3, -0.25) is 9.59 Å². The van der Waals surface area contributed by atoms with Crippen molar-refractivity contribution >= 4 is 11.6 Å². The molecule has 0 spiro atoms. The molecule has 0 unspecified atom stereocenters. The second-order valence-electron chi connectivity index (χ2n) is 3.27. The van der Waals surface area contributed by atoms with Gasteiger partial charge in [-0.2, -0.15) is 10.5 Å².